The summed E-state index contributed by atoms with van der Waals surface area (Å²) in [5.74, 6) is 1.27. The van der Waals surface area contributed by atoms with Crippen LogP contribution in [0.5, 0.6) is 11.5 Å². The zero-order valence-electron chi connectivity index (χ0n) is 12.0. The van der Waals surface area contributed by atoms with Crippen LogP contribution in [0, 0.1) is 0 Å². The van der Waals surface area contributed by atoms with E-state index in [1.165, 1.54) is 24.3 Å². The first-order chi connectivity index (χ1) is 11.1. The van der Waals surface area contributed by atoms with Crippen LogP contribution >= 0.6 is 11.6 Å². The smallest absolute Gasteiger partial charge is 0.206 e. The molecule has 0 bridgehead atoms. The largest absolute Gasteiger partial charge is 0.457 e. The predicted octanol–water partition coefficient (Wildman–Crippen LogP) is 4.97. The molecule has 0 atom stereocenters. The van der Waals surface area contributed by atoms with E-state index < -0.39 is 9.84 Å². The minimum Gasteiger partial charge on any atom is -0.457 e. The van der Waals surface area contributed by atoms with Gasteiger partial charge in [0.25, 0.3) is 0 Å². The van der Waals surface area contributed by atoms with Gasteiger partial charge in [0.05, 0.1) is 9.79 Å². The molecule has 0 N–H and O–H groups in total. The number of halogens is 1. The molecule has 3 nitrogen and oxygen atoms in total. The van der Waals surface area contributed by atoms with Crippen LogP contribution in [0.3, 0.4) is 0 Å². The first kappa shape index (κ1) is 15.6. The predicted molar refractivity (Wildman–Crippen MR) is 89.9 cm³/mol. The van der Waals surface area contributed by atoms with Crippen LogP contribution in [0.15, 0.2) is 88.7 Å². The second kappa shape index (κ2) is 6.44. The fourth-order valence-electron chi connectivity index (χ4n) is 2.06. The molecule has 5 heteroatoms. The molecule has 0 fully saturated rings. The summed E-state index contributed by atoms with van der Waals surface area (Å²) in [6.07, 6.45) is 0. The average molecular weight is 345 g/mol. The van der Waals surface area contributed by atoms with Crippen molar-refractivity contribution in [2.45, 2.75) is 9.79 Å². The Morgan fingerprint density at radius 1 is 0.652 bits per heavy atom. The molecule has 0 aliphatic heterocycles. The molecule has 116 valence electrons. The molecule has 0 heterocycles. The van der Waals surface area contributed by atoms with Crippen LogP contribution in [-0.2, 0) is 9.84 Å². The van der Waals surface area contributed by atoms with E-state index >= 15 is 0 Å². The van der Waals surface area contributed by atoms with Gasteiger partial charge in [-0.2, -0.15) is 0 Å². The Labute approximate surface area is 140 Å². The Hall–Kier alpha value is -2.30. The van der Waals surface area contributed by atoms with E-state index in [2.05, 4.69) is 0 Å². The third kappa shape index (κ3) is 3.55. The van der Waals surface area contributed by atoms with E-state index in [1.54, 1.807) is 24.3 Å². The van der Waals surface area contributed by atoms with Crippen LogP contribution in [0.4, 0.5) is 0 Å². The third-order valence-corrected chi connectivity index (χ3v) is 5.27. The minimum atomic E-state index is -3.56. The van der Waals surface area contributed by atoms with Gasteiger partial charge < -0.3 is 4.74 Å². The third-order valence-electron chi connectivity index (χ3n) is 3.24. The summed E-state index contributed by atoms with van der Waals surface area (Å²) < 4.78 is 30.7. The van der Waals surface area contributed by atoms with Gasteiger partial charge in [-0.15, -0.1) is 0 Å². The summed E-state index contributed by atoms with van der Waals surface area (Å²) in [5, 5.41) is 0.496. The fraction of sp³-hybridized carbons (Fsp3) is 0. The molecule has 0 aliphatic rings. The van der Waals surface area contributed by atoms with E-state index in [9.17, 15) is 8.42 Å². The van der Waals surface area contributed by atoms with Gasteiger partial charge in [-0.3, -0.25) is 0 Å². The number of sulfone groups is 1. The number of para-hydroxylation sites is 1. The van der Waals surface area contributed by atoms with Gasteiger partial charge in [0.1, 0.15) is 11.5 Å². The molecule has 3 aromatic rings. The molecule has 0 aromatic heterocycles. The lowest BCUT2D eigenvalue weighted by Gasteiger charge is -2.08. The maximum atomic E-state index is 12.5. The van der Waals surface area contributed by atoms with Crippen molar-refractivity contribution in [3.8, 4) is 11.5 Å². The first-order valence-corrected chi connectivity index (χ1v) is 8.75. The van der Waals surface area contributed by atoms with Crippen molar-refractivity contribution in [1.82, 2.24) is 0 Å². The molecule has 3 rings (SSSR count). The molecule has 0 unspecified atom stereocenters. The lowest BCUT2D eigenvalue weighted by molar-refractivity contribution is 0.482. The number of hydrogen-bond acceptors (Lipinski definition) is 3. The van der Waals surface area contributed by atoms with Gasteiger partial charge in [0.15, 0.2) is 0 Å². The number of hydrogen-bond donors (Lipinski definition) is 0. The molecular weight excluding hydrogens is 332 g/mol. The molecular formula is C18H13ClO3S. The Morgan fingerprint density at radius 3 is 1.70 bits per heavy atom. The second-order valence-corrected chi connectivity index (χ2v) is 7.23. The monoisotopic (exact) mass is 344 g/mol. The zero-order chi connectivity index (χ0) is 16.3. The van der Waals surface area contributed by atoms with Crippen LogP contribution in [0.2, 0.25) is 5.02 Å². The molecule has 0 radical (unpaired) electrons. The SMILES string of the molecule is O=S(=O)(c1ccc(Cl)cc1)c1ccc(Oc2ccccc2)cc1. The van der Waals surface area contributed by atoms with Crippen LogP contribution in [0.1, 0.15) is 0 Å². The highest BCUT2D eigenvalue weighted by atomic mass is 35.5. The quantitative estimate of drug-likeness (QED) is 0.671. The summed E-state index contributed by atoms with van der Waals surface area (Å²) in [6.45, 7) is 0. The van der Waals surface area contributed by atoms with Crippen molar-refractivity contribution in [3.63, 3.8) is 0 Å². The van der Waals surface area contributed by atoms with E-state index in [-0.39, 0.29) is 9.79 Å². The molecule has 0 amide bonds. The number of benzene rings is 3. The lowest BCUT2D eigenvalue weighted by atomic mass is 10.3. The molecule has 3 aromatic carbocycles. The van der Waals surface area contributed by atoms with E-state index in [0.717, 1.165) is 0 Å². The first-order valence-electron chi connectivity index (χ1n) is 6.89. The van der Waals surface area contributed by atoms with Gasteiger partial charge in [-0.25, -0.2) is 8.42 Å². The van der Waals surface area contributed by atoms with Gasteiger partial charge in [-0.1, -0.05) is 29.8 Å². The highest BCUT2D eigenvalue weighted by Crippen LogP contribution is 2.26. The zero-order valence-corrected chi connectivity index (χ0v) is 13.6. The Kier molecular flexibility index (Phi) is 4.37. The second-order valence-electron chi connectivity index (χ2n) is 4.84. The van der Waals surface area contributed by atoms with Crippen LogP contribution in [-0.4, -0.2) is 8.42 Å². The molecule has 0 saturated carbocycles. The van der Waals surface area contributed by atoms with Crippen LogP contribution < -0.4 is 4.74 Å². The van der Waals surface area contributed by atoms with Gasteiger partial charge in [-0.05, 0) is 60.7 Å². The van der Waals surface area contributed by atoms with Crippen LogP contribution in [0.25, 0.3) is 0 Å². The van der Waals surface area contributed by atoms with Crippen molar-refractivity contribution >= 4 is 21.4 Å². The Bertz CT molecular complexity index is 887. The molecule has 0 spiro atoms. The lowest BCUT2D eigenvalue weighted by Crippen LogP contribution is -2.01. The van der Waals surface area contributed by atoms with Crippen molar-refractivity contribution < 1.29 is 13.2 Å². The summed E-state index contributed by atoms with van der Waals surface area (Å²) in [5.41, 5.74) is 0. The summed E-state index contributed by atoms with van der Waals surface area (Å²) in [7, 11) is -3.56. The summed E-state index contributed by atoms with van der Waals surface area (Å²) >= 11 is 5.79. The Balaban J connectivity index is 1.85. The standard InChI is InChI=1S/C18H13ClO3S/c19-14-6-10-17(11-7-14)23(20,21)18-12-8-16(9-13-18)22-15-4-2-1-3-5-15/h1-13H. The van der Waals surface area contributed by atoms with E-state index in [1.807, 2.05) is 30.3 Å². The Morgan fingerprint density at radius 2 is 1.13 bits per heavy atom. The normalized spacial score (nSPS) is 11.2. The topological polar surface area (TPSA) is 43.4 Å². The summed E-state index contributed by atoms with van der Waals surface area (Å²) in [4.78, 5) is 0.416. The summed E-state index contributed by atoms with van der Waals surface area (Å²) in [6, 6.07) is 21.7. The van der Waals surface area contributed by atoms with Gasteiger partial charge in [0, 0.05) is 5.02 Å². The van der Waals surface area contributed by atoms with E-state index in [0.29, 0.717) is 16.5 Å². The van der Waals surface area contributed by atoms with E-state index in [4.69, 9.17) is 16.3 Å². The molecule has 0 saturated heterocycles. The van der Waals surface area contributed by atoms with Gasteiger partial charge >= 0.3 is 0 Å². The number of rotatable bonds is 4. The fourth-order valence-corrected chi connectivity index (χ4v) is 3.45. The van der Waals surface area contributed by atoms with Crippen molar-refractivity contribution in [3.05, 3.63) is 83.9 Å². The maximum absolute atomic E-state index is 12.5. The average Bonchev–Trinajstić information content (AvgIpc) is 2.57. The van der Waals surface area contributed by atoms with Crippen molar-refractivity contribution in [2.75, 3.05) is 0 Å². The minimum absolute atomic E-state index is 0.207. The number of ether oxygens (including phenoxy) is 1. The highest BCUT2D eigenvalue weighted by Gasteiger charge is 2.17. The van der Waals surface area contributed by atoms with Gasteiger partial charge in [0.2, 0.25) is 9.84 Å². The maximum Gasteiger partial charge on any atom is 0.206 e. The molecule has 23 heavy (non-hydrogen) atoms. The van der Waals surface area contributed by atoms with Crippen molar-refractivity contribution in [1.29, 1.82) is 0 Å². The highest BCUT2D eigenvalue weighted by molar-refractivity contribution is 7.91. The van der Waals surface area contributed by atoms with Crippen molar-refractivity contribution in [2.24, 2.45) is 0 Å². The molecule has 0 aliphatic carbocycles.